The molecule has 1 aliphatic rings. The molecule has 0 fully saturated rings. The zero-order valence-electron chi connectivity index (χ0n) is 5.92. The van der Waals surface area contributed by atoms with Crippen LogP contribution < -0.4 is 5.32 Å². The molecule has 2 rings (SSSR count). The van der Waals surface area contributed by atoms with E-state index in [1.54, 1.807) is 24.3 Å². The Morgan fingerprint density at radius 2 is 1.92 bits per heavy atom. The van der Waals surface area contributed by atoms with Crippen molar-refractivity contribution in [1.82, 2.24) is 5.32 Å². The lowest BCUT2D eigenvalue weighted by Gasteiger charge is -2.07. The summed E-state index contributed by atoms with van der Waals surface area (Å²) in [7, 11) is 0. The summed E-state index contributed by atoms with van der Waals surface area (Å²) in [5.41, 5.74) is 1.13. The number of hydrogen-bond donors (Lipinski definition) is 0. The Bertz CT molecular complexity index is 349. The largest absolute Gasteiger partial charge is 0.287 e. The van der Waals surface area contributed by atoms with Gasteiger partial charge in [-0.05, 0) is 6.07 Å². The number of amides is 1. The molecule has 2 nitrogen and oxygen atoms in total. The van der Waals surface area contributed by atoms with Gasteiger partial charge in [0.1, 0.15) is 0 Å². The predicted molar refractivity (Wildman–Crippen MR) is 46.6 cm³/mol. The van der Waals surface area contributed by atoms with Crippen LogP contribution in [0.25, 0.3) is 0 Å². The van der Waals surface area contributed by atoms with Crippen LogP contribution in [0.3, 0.4) is 0 Å². The first-order chi connectivity index (χ1) is 5.62. The molecule has 0 aliphatic carbocycles. The molecule has 0 bridgehead atoms. The highest BCUT2D eigenvalue weighted by Gasteiger charge is 2.44. The zero-order chi connectivity index (χ0) is 8.77. The van der Waals surface area contributed by atoms with Crippen LogP contribution in [0.1, 0.15) is 5.56 Å². The van der Waals surface area contributed by atoms with Crippen molar-refractivity contribution >= 4 is 34.8 Å². The zero-order valence-corrected chi connectivity index (χ0v) is 7.43. The summed E-state index contributed by atoms with van der Waals surface area (Å²) in [6.45, 7) is 0. The molecule has 1 radical (unpaired) electrons. The van der Waals surface area contributed by atoms with Crippen LogP contribution in [-0.4, -0.2) is 5.91 Å². The highest BCUT2D eigenvalue weighted by Crippen LogP contribution is 2.44. The molecule has 0 saturated carbocycles. The van der Waals surface area contributed by atoms with Gasteiger partial charge in [0.15, 0.2) is 0 Å². The molecule has 12 heavy (non-hydrogen) atoms. The minimum atomic E-state index is -1.48. The van der Waals surface area contributed by atoms with Crippen LogP contribution in [0.5, 0.6) is 0 Å². The van der Waals surface area contributed by atoms with Gasteiger partial charge in [-0.15, -0.1) is 0 Å². The number of halogens is 2. The fourth-order valence-corrected chi connectivity index (χ4v) is 1.54. The van der Waals surface area contributed by atoms with Gasteiger partial charge in [0.2, 0.25) is 4.33 Å². The molecule has 1 heterocycles. The van der Waals surface area contributed by atoms with Crippen LogP contribution in [0.15, 0.2) is 24.3 Å². The van der Waals surface area contributed by atoms with E-state index in [4.69, 9.17) is 23.2 Å². The van der Waals surface area contributed by atoms with Gasteiger partial charge >= 0.3 is 0 Å². The standard InChI is InChI=1S/C8H4Cl2NO/c9-8(10)5-3-1-2-4-6(5)11-7(8)12/h1-4H. The monoisotopic (exact) mass is 200 g/mol. The van der Waals surface area contributed by atoms with Crippen molar-refractivity contribution in [2.75, 3.05) is 0 Å². The van der Waals surface area contributed by atoms with Crippen LogP contribution in [-0.2, 0) is 9.13 Å². The molecule has 61 valence electrons. The van der Waals surface area contributed by atoms with E-state index in [1.807, 2.05) is 0 Å². The Hall–Kier alpha value is -0.730. The number of rotatable bonds is 0. The molecule has 0 atom stereocenters. The lowest BCUT2D eigenvalue weighted by atomic mass is 10.1. The normalized spacial score (nSPS) is 18.7. The van der Waals surface area contributed by atoms with E-state index in [0.29, 0.717) is 11.3 Å². The van der Waals surface area contributed by atoms with Gasteiger partial charge in [-0.2, -0.15) is 0 Å². The second kappa shape index (κ2) is 2.38. The maximum Gasteiger partial charge on any atom is 0.287 e. The molecule has 0 unspecified atom stereocenters. The van der Waals surface area contributed by atoms with Gasteiger partial charge in [0, 0.05) is 5.56 Å². The van der Waals surface area contributed by atoms with E-state index in [1.165, 1.54) is 0 Å². The Morgan fingerprint density at radius 1 is 1.25 bits per heavy atom. The average Bonchev–Trinajstić information content (AvgIpc) is 2.25. The van der Waals surface area contributed by atoms with Gasteiger partial charge in [0.05, 0.1) is 5.69 Å². The molecule has 1 amide bonds. The van der Waals surface area contributed by atoms with E-state index < -0.39 is 10.2 Å². The fourth-order valence-electron chi connectivity index (χ4n) is 1.13. The first kappa shape index (κ1) is 7.90. The molecule has 1 aliphatic heterocycles. The summed E-state index contributed by atoms with van der Waals surface area (Å²) in [6.07, 6.45) is 0. The van der Waals surface area contributed by atoms with Gasteiger partial charge in [-0.3, -0.25) is 4.79 Å². The van der Waals surface area contributed by atoms with Crippen molar-refractivity contribution in [1.29, 1.82) is 0 Å². The van der Waals surface area contributed by atoms with Crippen LogP contribution >= 0.6 is 23.2 Å². The first-order valence-corrected chi connectivity index (χ1v) is 4.11. The molecular formula is C8H4Cl2NO. The third kappa shape index (κ3) is 0.919. The van der Waals surface area contributed by atoms with E-state index in [-0.39, 0.29) is 0 Å². The van der Waals surface area contributed by atoms with E-state index >= 15 is 0 Å². The van der Waals surface area contributed by atoms with Crippen LogP contribution in [0, 0.1) is 0 Å². The number of carbonyl (C=O) groups is 1. The number of carbonyl (C=O) groups excluding carboxylic acids is 1. The third-order valence-corrected chi connectivity index (χ3v) is 2.46. The number of nitrogens with zero attached hydrogens (tertiary/aromatic N) is 1. The van der Waals surface area contributed by atoms with Crippen LogP contribution in [0.2, 0.25) is 0 Å². The summed E-state index contributed by atoms with van der Waals surface area (Å²) in [5, 5.41) is 3.70. The van der Waals surface area contributed by atoms with Crippen molar-refractivity contribution in [3.05, 3.63) is 29.8 Å². The minimum Gasteiger partial charge on any atom is -0.269 e. The summed E-state index contributed by atoms with van der Waals surface area (Å²) in [5.74, 6) is -0.507. The third-order valence-electron chi connectivity index (χ3n) is 1.73. The summed E-state index contributed by atoms with van der Waals surface area (Å²) in [6, 6.07) is 6.96. The van der Waals surface area contributed by atoms with E-state index in [0.717, 1.165) is 0 Å². The summed E-state index contributed by atoms with van der Waals surface area (Å²) in [4.78, 5) is 11.1. The number of benzene rings is 1. The molecule has 0 N–H and O–H groups in total. The molecular weight excluding hydrogens is 197 g/mol. The molecule has 1 aromatic rings. The summed E-state index contributed by atoms with van der Waals surface area (Å²) < 4.78 is -1.48. The molecule has 0 aromatic heterocycles. The van der Waals surface area contributed by atoms with Gasteiger partial charge in [-0.25, -0.2) is 5.32 Å². The van der Waals surface area contributed by atoms with Crippen molar-refractivity contribution in [3.8, 4) is 0 Å². The Morgan fingerprint density at radius 3 is 2.58 bits per heavy atom. The van der Waals surface area contributed by atoms with Crippen LogP contribution in [0.4, 0.5) is 5.69 Å². The van der Waals surface area contributed by atoms with Crippen molar-refractivity contribution in [3.63, 3.8) is 0 Å². The molecule has 0 spiro atoms. The van der Waals surface area contributed by atoms with Gasteiger partial charge in [0.25, 0.3) is 5.91 Å². The lowest BCUT2D eigenvalue weighted by Crippen LogP contribution is -2.20. The molecule has 1 aromatic carbocycles. The highest BCUT2D eigenvalue weighted by molar-refractivity contribution is 6.58. The number of fused-ring (bicyclic) bond motifs is 1. The SMILES string of the molecule is O=C1[N]c2ccccc2C1(Cl)Cl. The lowest BCUT2D eigenvalue weighted by molar-refractivity contribution is -0.120. The van der Waals surface area contributed by atoms with Gasteiger partial charge < -0.3 is 0 Å². The topological polar surface area (TPSA) is 31.2 Å². The number of hydrogen-bond acceptors (Lipinski definition) is 1. The predicted octanol–water partition coefficient (Wildman–Crippen LogP) is 2.09. The van der Waals surface area contributed by atoms with Crippen molar-refractivity contribution < 1.29 is 4.79 Å². The summed E-state index contributed by atoms with van der Waals surface area (Å²) >= 11 is 11.5. The molecule has 4 heteroatoms. The Balaban J connectivity index is 2.63. The second-order valence-corrected chi connectivity index (χ2v) is 3.84. The van der Waals surface area contributed by atoms with Crippen molar-refractivity contribution in [2.45, 2.75) is 4.33 Å². The van der Waals surface area contributed by atoms with Gasteiger partial charge in [-0.1, -0.05) is 41.4 Å². The van der Waals surface area contributed by atoms with Crippen molar-refractivity contribution in [2.24, 2.45) is 0 Å². The Labute approximate surface area is 79.5 Å². The maximum absolute atomic E-state index is 11.1. The Kier molecular flexibility index (Phi) is 1.56. The fraction of sp³-hybridized carbons (Fsp3) is 0.125. The minimum absolute atomic E-state index is 0.507. The second-order valence-electron chi connectivity index (χ2n) is 2.51. The van der Waals surface area contributed by atoms with E-state index in [9.17, 15) is 4.79 Å². The first-order valence-electron chi connectivity index (χ1n) is 3.36. The molecule has 0 saturated heterocycles. The van der Waals surface area contributed by atoms with E-state index in [2.05, 4.69) is 5.32 Å². The average molecular weight is 201 g/mol. The smallest absolute Gasteiger partial charge is 0.269 e. The highest BCUT2D eigenvalue weighted by atomic mass is 35.5. The maximum atomic E-state index is 11.1. The number of alkyl halides is 2. The number of para-hydroxylation sites is 1. The quantitative estimate of drug-likeness (QED) is 0.591.